The van der Waals surface area contributed by atoms with E-state index in [4.69, 9.17) is 4.52 Å². The van der Waals surface area contributed by atoms with Gasteiger partial charge in [0, 0.05) is 19.2 Å². The van der Waals surface area contributed by atoms with Gasteiger partial charge >= 0.3 is 6.18 Å². The van der Waals surface area contributed by atoms with E-state index in [1.807, 2.05) is 0 Å². The lowest BCUT2D eigenvalue weighted by molar-refractivity contribution is -0.147. The van der Waals surface area contributed by atoms with E-state index in [0.29, 0.717) is 12.3 Å². The Hall–Kier alpha value is -1.61. The second-order valence-electron chi connectivity index (χ2n) is 4.30. The number of alkyl halides is 3. The van der Waals surface area contributed by atoms with Gasteiger partial charge in [-0.25, -0.2) is 0 Å². The Labute approximate surface area is 114 Å². The minimum Gasteiger partial charge on any atom is -0.360 e. The van der Waals surface area contributed by atoms with Gasteiger partial charge in [0.05, 0.1) is 13.1 Å². The Morgan fingerprint density at radius 1 is 1.50 bits per heavy atom. The number of amides is 1. The molecule has 1 rings (SSSR count). The van der Waals surface area contributed by atoms with Gasteiger partial charge in [0.15, 0.2) is 5.82 Å². The van der Waals surface area contributed by atoms with Gasteiger partial charge in [-0.2, -0.15) is 13.2 Å². The van der Waals surface area contributed by atoms with Crippen LogP contribution in [0.15, 0.2) is 10.6 Å². The number of aromatic nitrogens is 1. The van der Waals surface area contributed by atoms with E-state index in [-0.39, 0.29) is 18.9 Å². The molecule has 0 bridgehead atoms. The average Bonchev–Trinajstić information content (AvgIpc) is 2.69. The molecule has 0 saturated carbocycles. The molecule has 0 spiro atoms. The van der Waals surface area contributed by atoms with Crippen molar-refractivity contribution in [1.29, 1.82) is 0 Å². The first kappa shape index (κ1) is 16.4. The summed E-state index contributed by atoms with van der Waals surface area (Å²) >= 11 is 0. The predicted molar refractivity (Wildman–Crippen MR) is 66.3 cm³/mol. The van der Waals surface area contributed by atoms with Crippen molar-refractivity contribution in [3.63, 3.8) is 0 Å². The minimum atomic E-state index is -4.35. The Balaban J connectivity index is 2.52. The lowest BCUT2D eigenvalue weighted by Gasteiger charge is -2.22. The third-order valence-corrected chi connectivity index (χ3v) is 2.34. The zero-order chi connectivity index (χ0) is 15.2. The first-order chi connectivity index (χ1) is 9.30. The van der Waals surface area contributed by atoms with Crippen LogP contribution in [0.3, 0.4) is 0 Å². The van der Waals surface area contributed by atoms with Crippen LogP contribution >= 0.6 is 0 Å². The fraction of sp³-hybridized carbons (Fsp3) is 0.636. The van der Waals surface area contributed by atoms with Gasteiger partial charge in [-0.3, -0.25) is 9.69 Å². The molecule has 0 saturated heterocycles. The third-order valence-electron chi connectivity index (χ3n) is 2.34. The van der Waals surface area contributed by atoms with Crippen LogP contribution in [0.1, 0.15) is 5.76 Å². The normalized spacial score (nSPS) is 11.9. The maximum absolute atomic E-state index is 12.4. The smallest absolute Gasteiger partial charge is 0.360 e. The van der Waals surface area contributed by atoms with Crippen molar-refractivity contribution in [2.45, 2.75) is 13.1 Å². The molecule has 114 valence electrons. The second-order valence-corrected chi connectivity index (χ2v) is 4.30. The molecule has 0 aromatic carbocycles. The van der Waals surface area contributed by atoms with Gasteiger partial charge in [0.25, 0.3) is 0 Å². The molecule has 2 N–H and O–H groups in total. The monoisotopic (exact) mass is 294 g/mol. The van der Waals surface area contributed by atoms with E-state index >= 15 is 0 Å². The highest BCUT2D eigenvalue weighted by molar-refractivity contribution is 5.91. The molecular formula is C11H17F3N4O2. The molecule has 1 amide bonds. The van der Waals surface area contributed by atoms with Crippen molar-refractivity contribution in [2.75, 3.05) is 38.5 Å². The van der Waals surface area contributed by atoms with Crippen LogP contribution < -0.4 is 10.6 Å². The summed E-state index contributed by atoms with van der Waals surface area (Å²) in [7, 11) is 1.63. The highest BCUT2D eigenvalue weighted by atomic mass is 19.4. The molecule has 0 fully saturated rings. The molecule has 0 atom stereocenters. The van der Waals surface area contributed by atoms with Crippen LogP contribution in [-0.4, -0.2) is 55.4 Å². The summed E-state index contributed by atoms with van der Waals surface area (Å²) in [5.74, 6) is 0.120. The van der Waals surface area contributed by atoms with Crippen molar-refractivity contribution < 1.29 is 22.5 Å². The largest absolute Gasteiger partial charge is 0.401 e. The SMILES string of the molecule is CNCCN(CC(=O)Nc1cc(C)on1)CC(F)(F)F. The molecule has 0 unspecified atom stereocenters. The number of aryl methyl sites for hydroxylation is 1. The fourth-order valence-corrected chi connectivity index (χ4v) is 1.55. The first-order valence-corrected chi connectivity index (χ1v) is 5.97. The molecule has 0 radical (unpaired) electrons. The van der Waals surface area contributed by atoms with Crippen molar-refractivity contribution in [1.82, 2.24) is 15.4 Å². The third kappa shape index (κ3) is 6.53. The van der Waals surface area contributed by atoms with E-state index in [2.05, 4.69) is 15.8 Å². The number of nitrogens with zero attached hydrogens (tertiary/aromatic N) is 2. The Morgan fingerprint density at radius 2 is 2.20 bits per heavy atom. The van der Waals surface area contributed by atoms with Crippen LogP contribution in [0.5, 0.6) is 0 Å². The molecule has 1 heterocycles. The summed E-state index contributed by atoms with van der Waals surface area (Å²) in [6, 6.07) is 1.49. The summed E-state index contributed by atoms with van der Waals surface area (Å²) in [4.78, 5) is 12.7. The Kier molecular flexibility index (Phi) is 5.96. The standard InChI is InChI=1S/C11H17F3N4O2/c1-8-5-9(17-20-8)16-10(19)6-18(4-3-15-2)7-11(12,13)14/h5,15H,3-4,6-7H2,1-2H3,(H,16,17,19). The van der Waals surface area contributed by atoms with E-state index in [9.17, 15) is 18.0 Å². The molecule has 0 aliphatic rings. The van der Waals surface area contributed by atoms with Gasteiger partial charge in [-0.1, -0.05) is 5.16 Å². The van der Waals surface area contributed by atoms with Crippen LogP contribution in [0.25, 0.3) is 0 Å². The fourth-order valence-electron chi connectivity index (χ4n) is 1.55. The van der Waals surface area contributed by atoms with E-state index < -0.39 is 18.6 Å². The molecule has 6 nitrogen and oxygen atoms in total. The van der Waals surface area contributed by atoms with Crippen molar-refractivity contribution in [3.8, 4) is 0 Å². The zero-order valence-electron chi connectivity index (χ0n) is 11.3. The number of rotatable bonds is 7. The summed E-state index contributed by atoms with van der Waals surface area (Å²) < 4.78 is 41.9. The summed E-state index contributed by atoms with van der Waals surface area (Å²) in [5, 5.41) is 8.66. The molecule has 1 aromatic rings. The van der Waals surface area contributed by atoms with E-state index in [1.54, 1.807) is 14.0 Å². The highest BCUT2D eigenvalue weighted by Crippen LogP contribution is 2.16. The molecule has 20 heavy (non-hydrogen) atoms. The van der Waals surface area contributed by atoms with E-state index in [1.165, 1.54) is 6.07 Å². The number of hydrogen-bond acceptors (Lipinski definition) is 5. The summed E-state index contributed by atoms with van der Waals surface area (Å²) in [6.45, 7) is 0.603. The molecule has 1 aromatic heterocycles. The number of carbonyl (C=O) groups is 1. The van der Waals surface area contributed by atoms with Gasteiger partial charge in [0.2, 0.25) is 5.91 Å². The lowest BCUT2D eigenvalue weighted by atomic mass is 10.4. The number of likely N-dealkylation sites (N-methyl/N-ethyl adjacent to an activating group) is 1. The summed E-state index contributed by atoms with van der Waals surface area (Å²) in [6.07, 6.45) is -4.35. The van der Waals surface area contributed by atoms with Crippen LogP contribution in [0.2, 0.25) is 0 Å². The van der Waals surface area contributed by atoms with Gasteiger partial charge < -0.3 is 15.2 Å². The Bertz CT molecular complexity index is 434. The molecule has 9 heteroatoms. The number of anilines is 1. The van der Waals surface area contributed by atoms with Gasteiger partial charge in [-0.05, 0) is 14.0 Å². The van der Waals surface area contributed by atoms with Crippen molar-refractivity contribution in [3.05, 3.63) is 11.8 Å². The number of carbonyl (C=O) groups excluding carboxylic acids is 1. The maximum atomic E-state index is 12.4. The second kappa shape index (κ2) is 7.25. The van der Waals surface area contributed by atoms with E-state index in [0.717, 1.165) is 4.90 Å². The number of halogens is 3. The molecule has 0 aliphatic heterocycles. The topological polar surface area (TPSA) is 70.4 Å². The quantitative estimate of drug-likeness (QED) is 0.785. The van der Waals surface area contributed by atoms with Crippen LogP contribution in [0, 0.1) is 6.92 Å². The molecular weight excluding hydrogens is 277 g/mol. The van der Waals surface area contributed by atoms with Crippen LogP contribution in [0.4, 0.5) is 19.0 Å². The van der Waals surface area contributed by atoms with Crippen LogP contribution in [-0.2, 0) is 4.79 Å². The Morgan fingerprint density at radius 3 is 2.70 bits per heavy atom. The molecule has 0 aliphatic carbocycles. The van der Waals surface area contributed by atoms with Gasteiger partial charge in [-0.15, -0.1) is 0 Å². The first-order valence-electron chi connectivity index (χ1n) is 5.97. The lowest BCUT2D eigenvalue weighted by Crippen LogP contribution is -2.42. The highest BCUT2D eigenvalue weighted by Gasteiger charge is 2.31. The maximum Gasteiger partial charge on any atom is 0.401 e. The summed E-state index contributed by atoms with van der Waals surface area (Å²) in [5.41, 5.74) is 0. The average molecular weight is 294 g/mol. The number of hydrogen-bond donors (Lipinski definition) is 2. The van der Waals surface area contributed by atoms with Crippen molar-refractivity contribution >= 4 is 11.7 Å². The minimum absolute atomic E-state index is 0.112. The predicted octanol–water partition coefficient (Wildman–Crippen LogP) is 1.01. The zero-order valence-corrected chi connectivity index (χ0v) is 11.3. The van der Waals surface area contributed by atoms with Gasteiger partial charge in [0.1, 0.15) is 5.76 Å². The van der Waals surface area contributed by atoms with Crippen molar-refractivity contribution in [2.24, 2.45) is 0 Å². The number of nitrogens with one attached hydrogen (secondary N) is 2.